The first-order chi connectivity index (χ1) is 15.2. The topological polar surface area (TPSA) is 44.6 Å². The highest BCUT2D eigenvalue weighted by atomic mass is 35.5. The van der Waals surface area contributed by atoms with Gasteiger partial charge < -0.3 is 9.80 Å². The lowest BCUT2D eigenvalue weighted by Crippen LogP contribution is -2.51. The molecule has 7 heteroatoms. The van der Waals surface area contributed by atoms with Gasteiger partial charge in [-0.05, 0) is 42.7 Å². The van der Waals surface area contributed by atoms with Gasteiger partial charge in [-0.2, -0.15) is 0 Å². The number of fused-ring (bicyclic) bond motifs is 1. The van der Waals surface area contributed by atoms with Crippen molar-refractivity contribution in [2.24, 2.45) is 0 Å². The number of rotatable bonds is 4. The number of carbonyl (C=O) groups is 1. The third-order valence-electron chi connectivity index (χ3n) is 6.13. The van der Waals surface area contributed by atoms with Gasteiger partial charge in [0.25, 0.3) is 0 Å². The van der Waals surface area contributed by atoms with Gasteiger partial charge in [-0.25, -0.2) is 4.98 Å². The van der Waals surface area contributed by atoms with Gasteiger partial charge in [0.15, 0.2) is 0 Å². The molecule has 1 amide bonds. The van der Waals surface area contributed by atoms with E-state index in [0.717, 1.165) is 62.9 Å². The first-order valence-corrected chi connectivity index (χ1v) is 11.2. The number of nitrogens with zero attached hydrogens (tertiary/aromatic N) is 5. The monoisotopic (exact) mass is 435 g/mol. The summed E-state index contributed by atoms with van der Waals surface area (Å²) < 4.78 is 2.07. The molecule has 1 fully saturated rings. The molecule has 0 unspecified atom stereocenters. The Labute approximate surface area is 187 Å². The summed E-state index contributed by atoms with van der Waals surface area (Å²) in [5.74, 6) is 1.11. The second kappa shape index (κ2) is 8.73. The van der Waals surface area contributed by atoms with E-state index in [1.165, 1.54) is 5.56 Å². The molecule has 0 bridgehead atoms. The number of hydrogen-bond donors (Lipinski definition) is 0. The summed E-state index contributed by atoms with van der Waals surface area (Å²) in [6, 6.07) is 16.1. The van der Waals surface area contributed by atoms with E-state index >= 15 is 0 Å². The molecular weight excluding hydrogens is 410 g/mol. The Morgan fingerprint density at radius 3 is 2.68 bits per heavy atom. The zero-order valence-corrected chi connectivity index (χ0v) is 18.2. The second-order valence-electron chi connectivity index (χ2n) is 8.12. The fourth-order valence-electron chi connectivity index (χ4n) is 4.53. The minimum absolute atomic E-state index is 0.195. The lowest BCUT2D eigenvalue weighted by Gasteiger charge is -2.37. The van der Waals surface area contributed by atoms with E-state index in [2.05, 4.69) is 37.5 Å². The van der Waals surface area contributed by atoms with Crippen LogP contribution in [0.15, 0.2) is 60.9 Å². The third kappa shape index (κ3) is 4.18. The fraction of sp³-hybridized carbons (Fsp3) is 0.333. The molecule has 2 aromatic carbocycles. The summed E-state index contributed by atoms with van der Waals surface area (Å²) in [5.41, 5.74) is 3.36. The van der Waals surface area contributed by atoms with Crippen LogP contribution in [0.25, 0.3) is 5.69 Å². The minimum atomic E-state index is 0.195. The van der Waals surface area contributed by atoms with Crippen molar-refractivity contribution in [3.63, 3.8) is 0 Å². The second-order valence-corrected chi connectivity index (χ2v) is 8.55. The quantitative estimate of drug-likeness (QED) is 0.627. The van der Waals surface area contributed by atoms with E-state index in [1.54, 1.807) is 0 Å². The number of para-hydroxylation sites is 1. The highest BCUT2D eigenvalue weighted by molar-refractivity contribution is 6.30. The van der Waals surface area contributed by atoms with Crippen LogP contribution in [0.3, 0.4) is 0 Å². The number of benzene rings is 2. The van der Waals surface area contributed by atoms with Crippen LogP contribution in [0.1, 0.15) is 12.0 Å². The standard InChI is InChI=1S/C24H26ClN5O/c25-20-7-3-8-21(17-20)29-12-10-26-24(29)28-15-13-27(14-16-28)18-23(31)30-11-4-6-19-5-1-2-9-22(19)30/h1-3,5,7-10,12,17H,4,6,11,13-16,18H2. The summed E-state index contributed by atoms with van der Waals surface area (Å²) in [6.07, 6.45) is 5.87. The number of aryl methyl sites for hydroxylation is 1. The van der Waals surface area contributed by atoms with Crippen LogP contribution in [-0.4, -0.2) is 59.6 Å². The SMILES string of the molecule is O=C(CN1CCN(c2nccn2-c2cccc(Cl)c2)CC1)N1CCCc2ccccc21. The maximum atomic E-state index is 13.1. The molecule has 5 rings (SSSR count). The maximum Gasteiger partial charge on any atom is 0.241 e. The van der Waals surface area contributed by atoms with Crippen LogP contribution >= 0.6 is 11.6 Å². The van der Waals surface area contributed by atoms with Crippen LogP contribution in [0.5, 0.6) is 0 Å². The van der Waals surface area contributed by atoms with Crippen LogP contribution in [0.4, 0.5) is 11.6 Å². The Hall–Kier alpha value is -2.83. The van der Waals surface area contributed by atoms with Gasteiger partial charge in [-0.3, -0.25) is 14.3 Å². The number of piperazine rings is 1. The van der Waals surface area contributed by atoms with Gasteiger partial charge in [0, 0.05) is 61.5 Å². The van der Waals surface area contributed by atoms with E-state index in [9.17, 15) is 4.79 Å². The van der Waals surface area contributed by atoms with Crippen molar-refractivity contribution in [2.45, 2.75) is 12.8 Å². The van der Waals surface area contributed by atoms with Crippen molar-refractivity contribution in [3.8, 4) is 5.69 Å². The maximum absolute atomic E-state index is 13.1. The van der Waals surface area contributed by atoms with Crippen molar-refractivity contribution >= 4 is 29.1 Å². The zero-order chi connectivity index (χ0) is 21.2. The average Bonchev–Trinajstić information content (AvgIpc) is 3.29. The Balaban J connectivity index is 1.22. The van der Waals surface area contributed by atoms with Crippen molar-refractivity contribution in [1.29, 1.82) is 0 Å². The van der Waals surface area contributed by atoms with Crippen molar-refractivity contribution in [1.82, 2.24) is 14.5 Å². The molecule has 2 aliphatic rings. The Morgan fingerprint density at radius 1 is 1.00 bits per heavy atom. The van der Waals surface area contributed by atoms with E-state index in [0.29, 0.717) is 11.6 Å². The Kier molecular flexibility index (Phi) is 5.66. The van der Waals surface area contributed by atoms with Crippen molar-refractivity contribution < 1.29 is 4.79 Å². The van der Waals surface area contributed by atoms with E-state index in [-0.39, 0.29) is 5.91 Å². The smallest absolute Gasteiger partial charge is 0.241 e. The summed E-state index contributed by atoms with van der Waals surface area (Å²) in [4.78, 5) is 24.1. The molecule has 0 N–H and O–H groups in total. The van der Waals surface area contributed by atoms with Crippen LogP contribution < -0.4 is 9.80 Å². The van der Waals surface area contributed by atoms with Crippen LogP contribution in [-0.2, 0) is 11.2 Å². The van der Waals surface area contributed by atoms with Crippen molar-refractivity contribution in [3.05, 3.63) is 71.5 Å². The molecular formula is C24H26ClN5O. The lowest BCUT2D eigenvalue weighted by molar-refractivity contribution is -0.119. The minimum Gasteiger partial charge on any atom is -0.339 e. The Bertz CT molecular complexity index is 1070. The molecule has 0 aliphatic carbocycles. The van der Waals surface area contributed by atoms with Gasteiger partial charge in [0.05, 0.1) is 6.54 Å². The molecule has 160 valence electrons. The predicted octanol–water partition coefficient (Wildman–Crippen LogP) is 3.63. The third-order valence-corrected chi connectivity index (χ3v) is 6.37. The summed E-state index contributed by atoms with van der Waals surface area (Å²) in [7, 11) is 0. The van der Waals surface area contributed by atoms with E-state index in [4.69, 9.17) is 11.6 Å². The van der Waals surface area contributed by atoms with Gasteiger partial charge in [-0.15, -0.1) is 0 Å². The molecule has 0 saturated carbocycles. The Morgan fingerprint density at radius 2 is 1.84 bits per heavy atom. The van der Waals surface area contributed by atoms with Gasteiger partial charge in [0.2, 0.25) is 11.9 Å². The highest BCUT2D eigenvalue weighted by Crippen LogP contribution is 2.27. The summed E-state index contributed by atoms with van der Waals surface area (Å²) in [5, 5.41) is 0.708. The molecule has 3 heterocycles. The first-order valence-electron chi connectivity index (χ1n) is 10.8. The van der Waals surface area contributed by atoms with Gasteiger partial charge >= 0.3 is 0 Å². The fourth-order valence-corrected chi connectivity index (χ4v) is 4.72. The number of aromatic nitrogens is 2. The largest absolute Gasteiger partial charge is 0.339 e. The van der Waals surface area contributed by atoms with Crippen molar-refractivity contribution in [2.75, 3.05) is 49.1 Å². The molecule has 0 radical (unpaired) electrons. The molecule has 3 aromatic rings. The van der Waals surface area contributed by atoms with Gasteiger partial charge in [0.1, 0.15) is 0 Å². The molecule has 0 atom stereocenters. The summed E-state index contributed by atoms with van der Waals surface area (Å²) in [6.45, 7) is 4.62. The lowest BCUT2D eigenvalue weighted by atomic mass is 10.0. The normalized spacial score (nSPS) is 16.9. The zero-order valence-electron chi connectivity index (χ0n) is 17.5. The van der Waals surface area contributed by atoms with Crippen LogP contribution in [0.2, 0.25) is 5.02 Å². The average molecular weight is 436 g/mol. The van der Waals surface area contributed by atoms with E-state index in [1.807, 2.05) is 47.6 Å². The molecule has 6 nitrogen and oxygen atoms in total. The first kappa shape index (κ1) is 20.1. The predicted molar refractivity (Wildman–Crippen MR) is 124 cm³/mol. The number of imidazole rings is 1. The molecule has 31 heavy (non-hydrogen) atoms. The van der Waals surface area contributed by atoms with Gasteiger partial charge in [-0.1, -0.05) is 35.9 Å². The highest BCUT2D eigenvalue weighted by Gasteiger charge is 2.26. The molecule has 0 spiro atoms. The number of anilines is 2. The molecule has 1 aromatic heterocycles. The summed E-state index contributed by atoms with van der Waals surface area (Å²) >= 11 is 6.17. The van der Waals surface area contributed by atoms with E-state index < -0.39 is 0 Å². The molecule has 2 aliphatic heterocycles. The number of halogens is 1. The number of hydrogen-bond acceptors (Lipinski definition) is 4. The number of carbonyl (C=O) groups excluding carboxylic acids is 1. The van der Waals surface area contributed by atoms with Crippen LogP contribution in [0, 0.1) is 0 Å². The molecule has 1 saturated heterocycles. The number of amides is 1.